The van der Waals surface area contributed by atoms with Gasteiger partial charge in [-0.2, -0.15) is 0 Å². The van der Waals surface area contributed by atoms with E-state index in [9.17, 15) is 0 Å². The van der Waals surface area contributed by atoms with Gasteiger partial charge in [0, 0.05) is 17.8 Å². The molecule has 0 aliphatic rings. The summed E-state index contributed by atoms with van der Waals surface area (Å²) in [5.41, 5.74) is 3.65. The Labute approximate surface area is 127 Å². The maximum Gasteiger partial charge on any atom is 0.0669 e. The van der Waals surface area contributed by atoms with Gasteiger partial charge in [-0.05, 0) is 28.7 Å². The zero-order valence-corrected chi connectivity index (χ0v) is 13.4. The molecule has 0 N–H and O–H groups in total. The number of nitrogens with zero attached hydrogens (tertiary/aromatic N) is 1. The molecule has 0 amide bonds. The van der Waals surface area contributed by atoms with Crippen molar-refractivity contribution in [3.8, 4) is 0 Å². The molecule has 0 saturated heterocycles. The molecule has 2 unspecified atom stereocenters. The van der Waals surface area contributed by atoms with Gasteiger partial charge in [-0.15, -0.1) is 11.6 Å². The average molecular weight is 288 g/mol. The minimum atomic E-state index is -0.0691. The van der Waals surface area contributed by atoms with E-state index in [1.807, 2.05) is 24.4 Å². The fraction of sp³-hybridized carbons (Fsp3) is 0.389. The van der Waals surface area contributed by atoms with Crippen LogP contribution in [-0.2, 0) is 5.41 Å². The zero-order valence-electron chi connectivity index (χ0n) is 12.6. The largest absolute Gasteiger partial charge is 0.261 e. The third-order valence-corrected chi connectivity index (χ3v) is 4.27. The highest BCUT2D eigenvalue weighted by Gasteiger charge is 2.25. The minimum absolute atomic E-state index is 0.0691. The van der Waals surface area contributed by atoms with Gasteiger partial charge in [-0.1, -0.05) is 58.0 Å². The molecular weight excluding hydrogens is 266 g/mol. The van der Waals surface area contributed by atoms with Crippen LogP contribution < -0.4 is 0 Å². The van der Waals surface area contributed by atoms with Crippen LogP contribution in [0.4, 0.5) is 0 Å². The minimum Gasteiger partial charge on any atom is -0.261 e. The van der Waals surface area contributed by atoms with Gasteiger partial charge in [0.1, 0.15) is 0 Å². The molecule has 0 aliphatic carbocycles. The molecular formula is C18H22ClN. The van der Waals surface area contributed by atoms with E-state index >= 15 is 0 Å². The number of alkyl halides is 1. The van der Waals surface area contributed by atoms with Crippen molar-refractivity contribution in [2.75, 3.05) is 0 Å². The molecule has 0 radical (unpaired) electrons. The van der Waals surface area contributed by atoms with Crippen molar-refractivity contribution in [1.29, 1.82) is 0 Å². The third kappa shape index (κ3) is 3.21. The quantitative estimate of drug-likeness (QED) is 0.683. The van der Waals surface area contributed by atoms with Crippen molar-refractivity contribution >= 4 is 11.6 Å². The lowest BCUT2D eigenvalue weighted by Gasteiger charge is -2.27. The molecule has 1 aromatic heterocycles. The van der Waals surface area contributed by atoms with Crippen LogP contribution in [0.5, 0.6) is 0 Å². The summed E-state index contributed by atoms with van der Waals surface area (Å²) in [6, 6.07) is 14.4. The van der Waals surface area contributed by atoms with Gasteiger partial charge in [-0.3, -0.25) is 4.98 Å². The molecule has 0 bridgehead atoms. The standard InChI is InChI=1S/C18H22ClN/c1-13(16-11-7-8-12-20-16)17(19)14-9-5-6-10-15(14)18(2,3)4/h5-13,17H,1-4H3. The van der Waals surface area contributed by atoms with Crippen LogP contribution in [0.2, 0.25) is 0 Å². The van der Waals surface area contributed by atoms with Crippen molar-refractivity contribution in [2.45, 2.75) is 44.4 Å². The van der Waals surface area contributed by atoms with Crippen LogP contribution in [0.15, 0.2) is 48.7 Å². The summed E-state index contributed by atoms with van der Waals surface area (Å²) in [4.78, 5) is 4.43. The van der Waals surface area contributed by atoms with E-state index in [-0.39, 0.29) is 16.7 Å². The lowest BCUT2D eigenvalue weighted by atomic mass is 9.81. The van der Waals surface area contributed by atoms with Crippen LogP contribution in [0.25, 0.3) is 0 Å². The number of hydrogen-bond donors (Lipinski definition) is 0. The Kier molecular flexibility index (Phi) is 4.49. The Morgan fingerprint density at radius 1 is 1.00 bits per heavy atom. The first-order valence-electron chi connectivity index (χ1n) is 7.05. The smallest absolute Gasteiger partial charge is 0.0669 e. The van der Waals surface area contributed by atoms with E-state index in [1.54, 1.807) is 0 Å². The van der Waals surface area contributed by atoms with Gasteiger partial charge in [0.2, 0.25) is 0 Å². The summed E-state index contributed by atoms with van der Waals surface area (Å²) >= 11 is 6.76. The summed E-state index contributed by atoms with van der Waals surface area (Å²) in [6.07, 6.45) is 1.82. The fourth-order valence-corrected chi connectivity index (χ4v) is 2.80. The first kappa shape index (κ1) is 15.1. The molecule has 0 fully saturated rings. The maximum atomic E-state index is 6.76. The Morgan fingerprint density at radius 3 is 2.25 bits per heavy atom. The number of benzene rings is 1. The molecule has 2 atom stereocenters. The molecule has 20 heavy (non-hydrogen) atoms. The molecule has 1 heterocycles. The molecule has 2 aromatic rings. The summed E-state index contributed by atoms with van der Waals surface area (Å²) in [5.74, 6) is 0.182. The number of halogens is 1. The first-order chi connectivity index (χ1) is 9.41. The fourth-order valence-electron chi connectivity index (χ4n) is 2.49. The molecule has 1 nitrogen and oxygen atoms in total. The van der Waals surface area contributed by atoms with Crippen LogP contribution in [0, 0.1) is 0 Å². The Hall–Kier alpha value is -1.34. The third-order valence-electron chi connectivity index (χ3n) is 3.66. The van der Waals surface area contributed by atoms with E-state index in [1.165, 1.54) is 11.1 Å². The highest BCUT2D eigenvalue weighted by molar-refractivity contribution is 6.21. The summed E-state index contributed by atoms with van der Waals surface area (Å²) in [7, 11) is 0. The van der Waals surface area contributed by atoms with Crippen LogP contribution in [0.3, 0.4) is 0 Å². The summed E-state index contributed by atoms with van der Waals surface area (Å²) in [6.45, 7) is 8.81. The van der Waals surface area contributed by atoms with Crippen molar-refractivity contribution < 1.29 is 0 Å². The summed E-state index contributed by atoms with van der Waals surface area (Å²) < 4.78 is 0. The molecule has 1 aromatic carbocycles. The molecule has 0 saturated carbocycles. The van der Waals surface area contributed by atoms with Crippen molar-refractivity contribution in [1.82, 2.24) is 4.98 Å². The summed E-state index contributed by atoms with van der Waals surface area (Å²) in [5, 5.41) is -0.0691. The Bertz CT molecular complexity index is 557. The Balaban J connectivity index is 2.37. The zero-order chi connectivity index (χ0) is 14.8. The number of hydrogen-bond acceptors (Lipinski definition) is 1. The predicted molar refractivity (Wildman–Crippen MR) is 86.4 cm³/mol. The van der Waals surface area contributed by atoms with Gasteiger partial charge >= 0.3 is 0 Å². The van der Waals surface area contributed by atoms with E-state index in [4.69, 9.17) is 11.6 Å². The van der Waals surface area contributed by atoms with Gasteiger partial charge < -0.3 is 0 Å². The van der Waals surface area contributed by atoms with Crippen LogP contribution in [-0.4, -0.2) is 4.98 Å². The van der Waals surface area contributed by atoms with Crippen LogP contribution in [0.1, 0.15) is 55.8 Å². The van der Waals surface area contributed by atoms with Crippen molar-refractivity contribution in [3.05, 3.63) is 65.5 Å². The van der Waals surface area contributed by atoms with E-state index < -0.39 is 0 Å². The van der Waals surface area contributed by atoms with Crippen molar-refractivity contribution in [2.24, 2.45) is 0 Å². The monoisotopic (exact) mass is 287 g/mol. The topological polar surface area (TPSA) is 12.9 Å². The van der Waals surface area contributed by atoms with E-state index in [0.29, 0.717) is 0 Å². The lowest BCUT2D eigenvalue weighted by Crippen LogP contribution is -2.16. The van der Waals surface area contributed by atoms with Gasteiger partial charge in [-0.25, -0.2) is 0 Å². The first-order valence-corrected chi connectivity index (χ1v) is 7.49. The molecule has 2 heteroatoms. The van der Waals surface area contributed by atoms with E-state index in [0.717, 1.165) is 5.69 Å². The molecule has 2 rings (SSSR count). The SMILES string of the molecule is CC(c1ccccn1)C(Cl)c1ccccc1C(C)(C)C. The second-order valence-electron chi connectivity index (χ2n) is 6.28. The lowest BCUT2D eigenvalue weighted by molar-refractivity contribution is 0.573. The molecule has 0 aliphatic heterocycles. The number of rotatable bonds is 3. The van der Waals surface area contributed by atoms with Gasteiger partial charge in [0.05, 0.1) is 5.38 Å². The average Bonchev–Trinajstić information content (AvgIpc) is 2.46. The second kappa shape index (κ2) is 5.97. The predicted octanol–water partition coefficient (Wildman–Crippen LogP) is 5.46. The maximum absolute atomic E-state index is 6.76. The highest BCUT2D eigenvalue weighted by Crippen LogP contribution is 2.40. The van der Waals surface area contributed by atoms with Crippen molar-refractivity contribution in [3.63, 3.8) is 0 Å². The van der Waals surface area contributed by atoms with Gasteiger partial charge in [0.15, 0.2) is 0 Å². The Morgan fingerprint density at radius 2 is 1.65 bits per heavy atom. The normalized spacial score (nSPS) is 14.8. The highest BCUT2D eigenvalue weighted by atomic mass is 35.5. The van der Waals surface area contributed by atoms with Gasteiger partial charge in [0.25, 0.3) is 0 Å². The molecule has 0 spiro atoms. The van der Waals surface area contributed by atoms with Crippen LogP contribution >= 0.6 is 11.6 Å². The second-order valence-corrected chi connectivity index (χ2v) is 6.75. The number of pyridine rings is 1. The molecule has 106 valence electrons. The number of aromatic nitrogens is 1. The van der Waals surface area contributed by atoms with E-state index in [2.05, 4.69) is 56.9 Å².